The molecule has 1 saturated carbocycles. The van der Waals surface area contributed by atoms with Crippen LogP contribution in [0.4, 0.5) is 23.0 Å². The van der Waals surface area contributed by atoms with Gasteiger partial charge in [0.1, 0.15) is 12.0 Å². The van der Waals surface area contributed by atoms with Gasteiger partial charge < -0.3 is 21.1 Å². The van der Waals surface area contributed by atoms with Crippen molar-refractivity contribution in [1.82, 2.24) is 9.97 Å². The van der Waals surface area contributed by atoms with E-state index in [1.165, 1.54) is 32.0 Å². The summed E-state index contributed by atoms with van der Waals surface area (Å²) in [5.74, 6) is 0.718. The molecule has 0 spiro atoms. The van der Waals surface area contributed by atoms with Crippen molar-refractivity contribution in [3.05, 3.63) is 36.2 Å². The molecule has 7 heteroatoms. The molecular formula is C20H27N5O2. The van der Waals surface area contributed by atoms with Gasteiger partial charge in [-0.1, -0.05) is 37.8 Å². The van der Waals surface area contributed by atoms with E-state index in [2.05, 4.69) is 20.6 Å². The van der Waals surface area contributed by atoms with E-state index in [0.717, 1.165) is 12.8 Å². The Kier molecular flexibility index (Phi) is 6.46. The minimum absolute atomic E-state index is 0.318. The Morgan fingerprint density at radius 2 is 1.85 bits per heavy atom. The number of carbonyl (C=O) groups is 1. The van der Waals surface area contributed by atoms with E-state index in [1.807, 2.05) is 6.07 Å². The van der Waals surface area contributed by atoms with Crippen LogP contribution in [0.1, 0.15) is 55.8 Å². The molecule has 0 radical (unpaired) electrons. The topological polar surface area (TPSA) is 102 Å². The van der Waals surface area contributed by atoms with Crippen LogP contribution in [-0.2, 0) is 4.74 Å². The lowest BCUT2D eigenvalue weighted by Crippen LogP contribution is -2.20. The highest BCUT2D eigenvalue weighted by Crippen LogP contribution is 2.29. The number of nitrogen functional groups attached to an aromatic ring is 1. The van der Waals surface area contributed by atoms with Gasteiger partial charge in [-0.2, -0.15) is 0 Å². The number of rotatable bonds is 6. The van der Waals surface area contributed by atoms with E-state index in [0.29, 0.717) is 41.2 Å². The zero-order valence-electron chi connectivity index (χ0n) is 15.7. The maximum atomic E-state index is 12.2. The first-order valence-corrected chi connectivity index (χ1v) is 9.59. The average molecular weight is 369 g/mol. The Labute approximate surface area is 159 Å². The molecule has 1 heterocycles. The third kappa shape index (κ3) is 4.87. The number of nitrogens with one attached hydrogen (secondary N) is 2. The van der Waals surface area contributed by atoms with Gasteiger partial charge in [-0.3, -0.25) is 0 Å². The summed E-state index contributed by atoms with van der Waals surface area (Å²) in [5, 5.41) is 6.62. The number of para-hydroxylation sites is 1. The van der Waals surface area contributed by atoms with Crippen LogP contribution in [0, 0.1) is 0 Å². The Morgan fingerprint density at radius 3 is 2.59 bits per heavy atom. The number of carbonyl (C=O) groups excluding carboxylic acids is 1. The molecule has 1 aromatic carbocycles. The van der Waals surface area contributed by atoms with Crippen molar-refractivity contribution in [3.63, 3.8) is 0 Å². The molecule has 0 aliphatic heterocycles. The van der Waals surface area contributed by atoms with Crippen LogP contribution < -0.4 is 16.4 Å². The lowest BCUT2D eigenvalue weighted by Gasteiger charge is -2.19. The summed E-state index contributed by atoms with van der Waals surface area (Å²) in [5.41, 5.74) is 7.79. The van der Waals surface area contributed by atoms with Crippen LogP contribution in [0.25, 0.3) is 0 Å². The van der Waals surface area contributed by atoms with Crippen molar-refractivity contribution in [1.29, 1.82) is 0 Å². The first-order chi connectivity index (χ1) is 13.2. The SMILES string of the molecule is CCOC(=O)c1ccccc1Nc1ncnc(NC2CCCCCC2)c1N. The normalized spacial score (nSPS) is 15.0. The quantitative estimate of drug-likeness (QED) is 0.520. The molecule has 0 amide bonds. The second-order valence-electron chi connectivity index (χ2n) is 6.71. The Morgan fingerprint density at radius 1 is 1.15 bits per heavy atom. The summed E-state index contributed by atoms with van der Waals surface area (Å²) >= 11 is 0. The third-order valence-electron chi connectivity index (χ3n) is 4.76. The first kappa shape index (κ1) is 18.9. The second-order valence-corrected chi connectivity index (χ2v) is 6.71. The fourth-order valence-electron chi connectivity index (χ4n) is 3.33. The molecule has 1 fully saturated rings. The summed E-state index contributed by atoms with van der Waals surface area (Å²) in [4.78, 5) is 20.7. The molecule has 0 saturated heterocycles. The predicted molar refractivity (Wildman–Crippen MR) is 107 cm³/mol. The zero-order valence-corrected chi connectivity index (χ0v) is 15.7. The highest BCUT2D eigenvalue weighted by atomic mass is 16.5. The van der Waals surface area contributed by atoms with E-state index in [1.54, 1.807) is 25.1 Å². The Bertz CT molecular complexity index is 773. The summed E-state index contributed by atoms with van der Waals surface area (Å²) in [6.45, 7) is 2.10. The van der Waals surface area contributed by atoms with Crippen LogP contribution in [-0.4, -0.2) is 28.6 Å². The lowest BCUT2D eigenvalue weighted by molar-refractivity contribution is 0.0527. The van der Waals surface area contributed by atoms with Crippen LogP contribution in [0.15, 0.2) is 30.6 Å². The monoisotopic (exact) mass is 369 g/mol. The number of anilines is 4. The molecule has 144 valence electrons. The second kappa shape index (κ2) is 9.21. The van der Waals surface area contributed by atoms with Gasteiger partial charge in [-0.25, -0.2) is 14.8 Å². The van der Waals surface area contributed by atoms with Gasteiger partial charge >= 0.3 is 5.97 Å². The molecule has 0 atom stereocenters. The van der Waals surface area contributed by atoms with E-state index >= 15 is 0 Å². The molecule has 0 bridgehead atoms. The number of hydrogen-bond acceptors (Lipinski definition) is 7. The molecule has 27 heavy (non-hydrogen) atoms. The summed E-state index contributed by atoms with van der Waals surface area (Å²) in [6.07, 6.45) is 8.74. The summed E-state index contributed by atoms with van der Waals surface area (Å²) in [6, 6.07) is 7.52. The van der Waals surface area contributed by atoms with Crippen molar-refractivity contribution in [2.75, 3.05) is 23.0 Å². The smallest absolute Gasteiger partial charge is 0.340 e. The lowest BCUT2D eigenvalue weighted by atomic mass is 10.1. The van der Waals surface area contributed by atoms with E-state index in [9.17, 15) is 4.79 Å². The van der Waals surface area contributed by atoms with Crippen molar-refractivity contribution >= 4 is 29.0 Å². The number of aromatic nitrogens is 2. The molecule has 3 rings (SSSR count). The highest BCUT2D eigenvalue weighted by molar-refractivity contribution is 5.97. The number of nitrogens with zero attached hydrogens (tertiary/aromatic N) is 2. The molecule has 1 aliphatic rings. The van der Waals surface area contributed by atoms with Crippen LogP contribution in [0.3, 0.4) is 0 Å². The van der Waals surface area contributed by atoms with Gasteiger partial charge in [0.2, 0.25) is 0 Å². The predicted octanol–water partition coefficient (Wildman–Crippen LogP) is 4.11. The molecule has 1 aromatic heterocycles. The average Bonchev–Trinajstić information content (AvgIpc) is 2.94. The van der Waals surface area contributed by atoms with Gasteiger partial charge in [0, 0.05) is 6.04 Å². The Hall–Kier alpha value is -2.83. The highest BCUT2D eigenvalue weighted by Gasteiger charge is 2.17. The zero-order chi connectivity index (χ0) is 19.1. The minimum Gasteiger partial charge on any atom is -0.462 e. The number of hydrogen-bond donors (Lipinski definition) is 3. The van der Waals surface area contributed by atoms with E-state index < -0.39 is 0 Å². The minimum atomic E-state index is -0.384. The maximum Gasteiger partial charge on any atom is 0.340 e. The van der Waals surface area contributed by atoms with E-state index in [4.69, 9.17) is 10.5 Å². The van der Waals surface area contributed by atoms with Gasteiger partial charge in [0.15, 0.2) is 11.6 Å². The molecule has 4 N–H and O–H groups in total. The van der Waals surface area contributed by atoms with Gasteiger partial charge in [0.25, 0.3) is 0 Å². The van der Waals surface area contributed by atoms with Gasteiger partial charge in [-0.15, -0.1) is 0 Å². The van der Waals surface area contributed by atoms with Crippen molar-refractivity contribution in [2.45, 2.75) is 51.5 Å². The number of nitrogens with two attached hydrogens (primary N) is 1. The fourth-order valence-corrected chi connectivity index (χ4v) is 3.33. The summed E-state index contributed by atoms with van der Waals surface area (Å²) < 4.78 is 5.12. The number of benzene rings is 1. The third-order valence-corrected chi connectivity index (χ3v) is 4.76. The molecule has 2 aromatic rings. The van der Waals surface area contributed by atoms with Crippen LogP contribution in [0.5, 0.6) is 0 Å². The van der Waals surface area contributed by atoms with Crippen LogP contribution in [0.2, 0.25) is 0 Å². The molecule has 7 nitrogen and oxygen atoms in total. The van der Waals surface area contributed by atoms with Crippen molar-refractivity contribution in [3.8, 4) is 0 Å². The fraction of sp³-hybridized carbons (Fsp3) is 0.450. The standard InChI is InChI=1S/C20H27N5O2/c1-2-27-20(26)15-11-7-8-12-16(15)25-19-17(21)18(22-13-23-19)24-14-9-5-3-4-6-10-14/h7-8,11-14H,2-6,9-10,21H2,1H3,(H2,22,23,24,25). The number of esters is 1. The first-order valence-electron chi connectivity index (χ1n) is 9.59. The van der Waals surface area contributed by atoms with Crippen molar-refractivity contribution in [2.24, 2.45) is 0 Å². The largest absolute Gasteiger partial charge is 0.462 e. The molecule has 0 unspecified atom stereocenters. The Balaban J connectivity index is 1.79. The summed E-state index contributed by atoms with van der Waals surface area (Å²) in [7, 11) is 0. The molecule has 1 aliphatic carbocycles. The molecular weight excluding hydrogens is 342 g/mol. The van der Waals surface area contributed by atoms with E-state index in [-0.39, 0.29) is 5.97 Å². The number of ether oxygens (including phenoxy) is 1. The maximum absolute atomic E-state index is 12.2. The van der Waals surface area contributed by atoms with Gasteiger partial charge in [0.05, 0.1) is 17.9 Å². The van der Waals surface area contributed by atoms with Crippen molar-refractivity contribution < 1.29 is 9.53 Å². The van der Waals surface area contributed by atoms with Crippen LogP contribution >= 0.6 is 0 Å². The van der Waals surface area contributed by atoms with Gasteiger partial charge in [-0.05, 0) is 31.9 Å².